The fraction of sp³-hybridized carbons (Fsp3) is 0.545. The summed E-state index contributed by atoms with van der Waals surface area (Å²) in [5, 5.41) is 0. The highest BCUT2D eigenvalue weighted by molar-refractivity contribution is 5.86. The van der Waals surface area contributed by atoms with Gasteiger partial charge >= 0.3 is 0 Å². The van der Waals surface area contributed by atoms with Crippen LogP contribution in [0.15, 0.2) is 24.8 Å². The van der Waals surface area contributed by atoms with Crippen LogP contribution in [-0.4, -0.2) is 48.4 Å². The molecule has 0 atom stereocenters. The maximum atomic E-state index is 11.3. The molecule has 1 aliphatic heterocycles. The molecule has 0 spiro atoms. The number of rotatable bonds is 5. The molecule has 0 bridgehead atoms. The van der Waals surface area contributed by atoms with Crippen molar-refractivity contribution < 1.29 is 4.79 Å². The molecule has 1 amide bonds. The van der Waals surface area contributed by atoms with E-state index in [4.69, 9.17) is 0 Å². The Balaban J connectivity index is 2.26. The van der Waals surface area contributed by atoms with E-state index in [1.807, 2.05) is 11.8 Å². The fourth-order valence-corrected chi connectivity index (χ4v) is 1.52. The van der Waals surface area contributed by atoms with Gasteiger partial charge in [-0.25, -0.2) is 0 Å². The Kier molecular flexibility index (Phi) is 4.40. The van der Waals surface area contributed by atoms with E-state index in [0.29, 0.717) is 0 Å². The van der Waals surface area contributed by atoms with Crippen molar-refractivity contribution in [1.82, 2.24) is 9.80 Å². The highest BCUT2D eigenvalue weighted by atomic mass is 16.2. The van der Waals surface area contributed by atoms with Gasteiger partial charge in [0.2, 0.25) is 5.91 Å². The molecular weight excluding hydrogens is 176 g/mol. The van der Waals surface area contributed by atoms with E-state index in [9.17, 15) is 4.79 Å². The number of amides is 1. The van der Waals surface area contributed by atoms with Crippen LogP contribution in [0, 0.1) is 0 Å². The van der Waals surface area contributed by atoms with Gasteiger partial charge in [0.05, 0.1) is 0 Å². The zero-order chi connectivity index (χ0) is 10.4. The van der Waals surface area contributed by atoms with Crippen LogP contribution in [0.5, 0.6) is 0 Å². The lowest BCUT2D eigenvalue weighted by Crippen LogP contribution is -2.37. The number of likely N-dealkylation sites (N-methyl/N-ethyl adjacent to an activating group) is 1. The van der Waals surface area contributed by atoms with E-state index < -0.39 is 0 Å². The van der Waals surface area contributed by atoms with Crippen LogP contribution >= 0.6 is 0 Å². The van der Waals surface area contributed by atoms with Crippen LogP contribution in [0.1, 0.15) is 6.92 Å². The van der Waals surface area contributed by atoms with E-state index in [0.717, 1.165) is 32.7 Å². The predicted octanol–water partition coefficient (Wildman–Crippen LogP) is 0.893. The summed E-state index contributed by atoms with van der Waals surface area (Å²) in [6.45, 7) is 10.0. The van der Waals surface area contributed by atoms with Crippen molar-refractivity contribution in [2.45, 2.75) is 6.92 Å². The summed E-state index contributed by atoms with van der Waals surface area (Å²) in [5.74, 6) is 0.0275. The number of hydrogen-bond donors (Lipinski definition) is 0. The maximum absolute atomic E-state index is 11.3. The fourth-order valence-electron chi connectivity index (χ4n) is 1.52. The molecule has 0 aromatic carbocycles. The van der Waals surface area contributed by atoms with Crippen molar-refractivity contribution in [2.24, 2.45) is 0 Å². The Morgan fingerprint density at radius 2 is 2.21 bits per heavy atom. The van der Waals surface area contributed by atoms with Crippen LogP contribution in [0.25, 0.3) is 0 Å². The molecule has 78 valence electrons. The van der Waals surface area contributed by atoms with Gasteiger partial charge in [0.25, 0.3) is 0 Å². The van der Waals surface area contributed by atoms with Gasteiger partial charge < -0.3 is 4.90 Å². The first-order valence-electron chi connectivity index (χ1n) is 5.06. The lowest BCUT2D eigenvalue weighted by Gasteiger charge is -2.22. The third-order valence-corrected chi connectivity index (χ3v) is 2.45. The van der Waals surface area contributed by atoms with E-state index in [1.165, 1.54) is 6.08 Å². The lowest BCUT2D eigenvalue weighted by atomic mass is 10.4. The zero-order valence-electron chi connectivity index (χ0n) is 8.78. The number of carbonyl (C=O) groups is 1. The molecule has 1 aliphatic rings. The number of hydrogen-bond acceptors (Lipinski definition) is 2. The normalized spacial score (nSPS) is 15.8. The van der Waals surface area contributed by atoms with E-state index in [1.54, 1.807) is 0 Å². The molecule has 0 saturated carbocycles. The summed E-state index contributed by atoms with van der Waals surface area (Å²) in [4.78, 5) is 15.4. The first-order valence-corrected chi connectivity index (χ1v) is 5.06. The zero-order valence-corrected chi connectivity index (χ0v) is 8.78. The van der Waals surface area contributed by atoms with Gasteiger partial charge in [0.1, 0.15) is 0 Å². The third kappa shape index (κ3) is 3.00. The minimum atomic E-state index is 0.0275. The second kappa shape index (κ2) is 5.60. The monoisotopic (exact) mass is 194 g/mol. The molecule has 0 aromatic rings. The van der Waals surface area contributed by atoms with Crippen molar-refractivity contribution in [3.63, 3.8) is 0 Å². The summed E-state index contributed by atoms with van der Waals surface area (Å²) in [7, 11) is 0. The molecule has 0 unspecified atom stereocenters. The van der Waals surface area contributed by atoms with Crippen LogP contribution < -0.4 is 0 Å². The Morgan fingerprint density at radius 3 is 2.71 bits per heavy atom. The predicted molar refractivity (Wildman–Crippen MR) is 58.0 cm³/mol. The van der Waals surface area contributed by atoms with E-state index in [2.05, 4.69) is 23.6 Å². The Hall–Kier alpha value is -1.09. The summed E-state index contributed by atoms with van der Waals surface area (Å²) in [6.07, 6.45) is 5.70. The molecule has 1 rings (SSSR count). The second-order valence-electron chi connectivity index (χ2n) is 3.35. The quantitative estimate of drug-likeness (QED) is 0.479. The molecule has 1 heterocycles. The second-order valence-corrected chi connectivity index (χ2v) is 3.35. The summed E-state index contributed by atoms with van der Waals surface area (Å²) >= 11 is 0. The topological polar surface area (TPSA) is 23.6 Å². The van der Waals surface area contributed by atoms with E-state index >= 15 is 0 Å². The summed E-state index contributed by atoms with van der Waals surface area (Å²) in [5.41, 5.74) is 0. The summed E-state index contributed by atoms with van der Waals surface area (Å²) < 4.78 is 0. The van der Waals surface area contributed by atoms with Gasteiger partial charge in [0.15, 0.2) is 0 Å². The Morgan fingerprint density at radius 1 is 1.57 bits per heavy atom. The average molecular weight is 194 g/mol. The molecule has 3 heteroatoms. The van der Waals surface area contributed by atoms with Crippen molar-refractivity contribution in [3.8, 4) is 0 Å². The molecule has 0 aliphatic carbocycles. The van der Waals surface area contributed by atoms with Gasteiger partial charge in [-0.05, 0) is 13.0 Å². The number of carbonyl (C=O) groups excluding carboxylic acids is 1. The van der Waals surface area contributed by atoms with Crippen molar-refractivity contribution in [2.75, 3.05) is 32.7 Å². The SMILES string of the molecule is C=CC(=O)N(CC)CCN1CC=CC1. The van der Waals surface area contributed by atoms with Crippen LogP contribution in [0.2, 0.25) is 0 Å². The van der Waals surface area contributed by atoms with Crippen LogP contribution in [0.3, 0.4) is 0 Å². The van der Waals surface area contributed by atoms with Gasteiger partial charge in [-0.1, -0.05) is 18.7 Å². The van der Waals surface area contributed by atoms with Crippen LogP contribution in [0.4, 0.5) is 0 Å². The standard InChI is InChI=1S/C11H18N2O/c1-3-11(14)13(4-2)10-9-12-7-5-6-8-12/h3,5-6H,1,4,7-10H2,2H3. The summed E-state index contributed by atoms with van der Waals surface area (Å²) in [6, 6.07) is 0. The smallest absolute Gasteiger partial charge is 0.245 e. The van der Waals surface area contributed by atoms with Gasteiger partial charge in [-0.3, -0.25) is 9.69 Å². The van der Waals surface area contributed by atoms with Crippen molar-refractivity contribution in [1.29, 1.82) is 0 Å². The molecule has 0 saturated heterocycles. The van der Waals surface area contributed by atoms with Gasteiger partial charge in [-0.2, -0.15) is 0 Å². The largest absolute Gasteiger partial charge is 0.338 e. The molecule has 0 N–H and O–H groups in total. The molecule has 0 fully saturated rings. The third-order valence-electron chi connectivity index (χ3n) is 2.45. The van der Waals surface area contributed by atoms with E-state index in [-0.39, 0.29) is 5.91 Å². The molecular formula is C11H18N2O. The minimum Gasteiger partial charge on any atom is -0.338 e. The first kappa shape index (κ1) is 11.0. The van der Waals surface area contributed by atoms with Gasteiger partial charge in [0, 0.05) is 32.7 Å². The Labute approximate surface area is 85.7 Å². The number of nitrogens with zero attached hydrogens (tertiary/aromatic N) is 2. The highest BCUT2D eigenvalue weighted by Crippen LogP contribution is 1.99. The van der Waals surface area contributed by atoms with Crippen molar-refractivity contribution >= 4 is 5.91 Å². The van der Waals surface area contributed by atoms with Crippen LogP contribution in [-0.2, 0) is 4.79 Å². The molecule has 0 aromatic heterocycles. The molecule has 14 heavy (non-hydrogen) atoms. The highest BCUT2D eigenvalue weighted by Gasteiger charge is 2.11. The maximum Gasteiger partial charge on any atom is 0.245 e. The molecule has 3 nitrogen and oxygen atoms in total. The Bertz CT molecular complexity index is 227. The molecule has 0 radical (unpaired) electrons. The lowest BCUT2D eigenvalue weighted by molar-refractivity contribution is -0.126. The average Bonchev–Trinajstić information content (AvgIpc) is 2.71. The van der Waals surface area contributed by atoms with Gasteiger partial charge in [-0.15, -0.1) is 0 Å². The minimum absolute atomic E-state index is 0.0275. The van der Waals surface area contributed by atoms with Crippen molar-refractivity contribution in [3.05, 3.63) is 24.8 Å². The first-order chi connectivity index (χ1) is 6.77.